The molecule has 0 spiro atoms. The summed E-state index contributed by atoms with van der Waals surface area (Å²) in [5.41, 5.74) is 0. The molecule has 1 saturated heterocycles. The number of rotatable bonds is 4. The van der Waals surface area contributed by atoms with Gasteiger partial charge in [-0.15, -0.1) is 0 Å². The zero-order valence-electron chi connectivity index (χ0n) is 9.41. The average molecular weight is 232 g/mol. The van der Waals surface area contributed by atoms with E-state index in [-0.39, 0.29) is 17.2 Å². The van der Waals surface area contributed by atoms with Crippen LogP contribution < -0.4 is 10.6 Å². The van der Waals surface area contributed by atoms with Gasteiger partial charge in [0.05, 0.1) is 6.04 Å². The molecule has 0 aromatic rings. The van der Waals surface area contributed by atoms with Crippen molar-refractivity contribution in [2.24, 2.45) is 0 Å². The molecule has 15 heavy (non-hydrogen) atoms. The molecule has 1 heterocycles. The Morgan fingerprint density at radius 1 is 1.60 bits per heavy atom. The SMILES string of the molecule is CC(CNC(=O)[C@H]1CCCCN1)S(C)=O. The van der Waals surface area contributed by atoms with E-state index in [0.29, 0.717) is 6.54 Å². The number of carbonyl (C=O) groups excluding carboxylic acids is 1. The molecule has 0 radical (unpaired) electrons. The topological polar surface area (TPSA) is 58.2 Å². The van der Waals surface area contributed by atoms with E-state index < -0.39 is 10.8 Å². The molecule has 88 valence electrons. The van der Waals surface area contributed by atoms with Gasteiger partial charge in [0.1, 0.15) is 0 Å². The summed E-state index contributed by atoms with van der Waals surface area (Å²) in [5, 5.41) is 6.05. The standard InChI is InChI=1S/C10H20N2O2S/c1-8(15(2)14)7-12-10(13)9-5-3-4-6-11-9/h8-9,11H,3-7H2,1-2H3,(H,12,13)/t8?,9-,15?/m1/s1. The summed E-state index contributed by atoms with van der Waals surface area (Å²) in [5.74, 6) is 0.0481. The van der Waals surface area contributed by atoms with Gasteiger partial charge in [0.15, 0.2) is 0 Å². The highest BCUT2D eigenvalue weighted by Gasteiger charge is 2.20. The molecule has 1 aliphatic heterocycles. The fraction of sp³-hybridized carbons (Fsp3) is 0.900. The van der Waals surface area contributed by atoms with Crippen molar-refractivity contribution in [3.8, 4) is 0 Å². The van der Waals surface area contributed by atoms with Crippen LogP contribution in [0.2, 0.25) is 0 Å². The van der Waals surface area contributed by atoms with Crippen molar-refractivity contribution in [1.29, 1.82) is 0 Å². The zero-order valence-corrected chi connectivity index (χ0v) is 10.2. The van der Waals surface area contributed by atoms with Gasteiger partial charge < -0.3 is 10.6 Å². The van der Waals surface area contributed by atoms with Crippen LogP contribution in [0, 0.1) is 0 Å². The minimum absolute atomic E-state index is 0.0255. The van der Waals surface area contributed by atoms with Crippen LogP contribution in [0.25, 0.3) is 0 Å². The molecule has 0 aliphatic carbocycles. The minimum atomic E-state index is -0.867. The van der Waals surface area contributed by atoms with Gasteiger partial charge in [0.25, 0.3) is 0 Å². The number of amides is 1. The van der Waals surface area contributed by atoms with Crippen LogP contribution >= 0.6 is 0 Å². The number of hydrogen-bond acceptors (Lipinski definition) is 3. The van der Waals surface area contributed by atoms with Crippen LogP contribution in [0.1, 0.15) is 26.2 Å². The third-order valence-corrected chi connectivity index (χ3v) is 4.06. The lowest BCUT2D eigenvalue weighted by Gasteiger charge is -2.23. The summed E-state index contributed by atoms with van der Waals surface area (Å²) in [7, 11) is -0.867. The molecule has 3 atom stereocenters. The summed E-state index contributed by atoms with van der Waals surface area (Å²) in [6.45, 7) is 3.30. The molecular formula is C10H20N2O2S. The molecule has 4 nitrogen and oxygen atoms in total. The van der Waals surface area contributed by atoms with Crippen LogP contribution in [0.15, 0.2) is 0 Å². The fourth-order valence-electron chi connectivity index (χ4n) is 1.56. The molecule has 1 aliphatic rings. The number of piperidine rings is 1. The lowest BCUT2D eigenvalue weighted by atomic mass is 10.0. The second-order valence-electron chi connectivity index (χ2n) is 4.06. The smallest absolute Gasteiger partial charge is 0.237 e. The van der Waals surface area contributed by atoms with E-state index in [1.54, 1.807) is 6.26 Å². The summed E-state index contributed by atoms with van der Waals surface area (Å²) < 4.78 is 11.1. The Kier molecular flexibility index (Phi) is 5.25. The molecule has 0 aromatic carbocycles. The Hall–Kier alpha value is -0.420. The van der Waals surface area contributed by atoms with Gasteiger partial charge in [-0.25, -0.2) is 0 Å². The summed E-state index contributed by atoms with van der Waals surface area (Å²) in [4.78, 5) is 11.7. The Balaban J connectivity index is 2.25. The predicted octanol–water partition coefficient (Wildman–Crippen LogP) is 0.0117. The van der Waals surface area contributed by atoms with E-state index in [0.717, 1.165) is 25.8 Å². The number of hydrogen-bond donors (Lipinski definition) is 2. The predicted molar refractivity (Wildman–Crippen MR) is 62.2 cm³/mol. The molecule has 1 amide bonds. The molecule has 0 saturated carbocycles. The largest absolute Gasteiger partial charge is 0.354 e. The van der Waals surface area contributed by atoms with Gasteiger partial charge in [0.2, 0.25) is 5.91 Å². The maximum Gasteiger partial charge on any atom is 0.237 e. The maximum absolute atomic E-state index is 11.7. The Labute approximate surface area is 93.7 Å². The van der Waals surface area contributed by atoms with Crippen LogP contribution in [0.3, 0.4) is 0 Å². The van der Waals surface area contributed by atoms with E-state index in [2.05, 4.69) is 10.6 Å². The molecular weight excluding hydrogens is 212 g/mol. The Bertz CT molecular complexity index is 240. The molecule has 1 fully saturated rings. The normalized spacial score (nSPS) is 25.6. The first-order valence-corrected chi connectivity index (χ1v) is 7.06. The van der Waals surface area contributed by atoms with Gasteiger partial charge in [-0.1, -0.05) is 6.42 Å². The number of carbonyl (C=O) groups is 1. The van der Waals surface area contributed by atoms with Gasteiger partial charge in [-0.2, -0.15) is 0 Å². The van der Waals surface area contributed by atoms with Crippen molar-refractivity contribution >= 4 is 16.7 Å². The Morgan fingerprint density at radius 3 is 2.87 bits per heavy atom. The van der Waals surface area contributed by atoms with E-state index in [4.69, 9.17) is 0 Å². The number of nitrogens with one attached hydrogen (secondary N) is 2. The van der Waals surface area contributed by atoms with Gasteiger partial charge in [-0.3, -0.25) is 9.00 Å². The van der Waals surface area contributed by atoms with Gasteiger partial charge >= 0.3 is 0 Å². The van der Waals surface area contributed by atoms with Crippen molar-refractivity contribution in [3.63, 3.8) is 0 Å². The van der Waals surface area contributed by atoms with Crippen molar-refractivity contribution < 1.29 is 9.00 Å². The van der Waals surface area contributed by atoms with Crippen molar-refractivity contribution in [3.05, 3.63) is 0 Å². The zero-order chi connectivity index (χ0) is 11.3. The highest BCUT2D eigenvalue weighted by atomic mass is 32.2. The molecule has 2 N–H and O–H groups in total. The summed E-state index contributed by atoms with van der Waals surface area (Å²) >= 11 is 0. The van der Waals surface area contributed by atoms with Crippen LogP contribution in [-0.2, 0) is 15.6 Å². The highest BCUT2D eigenvalue weighted by Crippen LogP contribution is 2.06. The molecule has 1 rings (SSSR count). The first-order valence-electron chi connectivity index (χ1n) is 5.44. The van der Waals surface area contributed by atoms with E-state index in [9.17, 15) is 9.00 Å². The third-order valence-electron chi connectivity index (χ3n) is 2.76. The van der Waals surface area contributed by atoms with Gasteiger partial charge in [0, 0.05) is 28.9 Å². The lowest BCUT2D eigenvalue weighted by Crippen LogP contribution is -2.48. The monoisotopic (exact) mass is 232 g/mol. The van der Waals surface area contributed by atoms with Crippen molar-refractivity contribution in [1.82, 2.24) is 10.6 Å². The van der Waals surface area contributed by atoms with Crippen LogP contribution in [0.4, 0.5) is 0 Å². The van der Waals surface area contributed by atoms with Crippen molar-refractivity contribution in [2.45, 2.75) is 37.5 Å². The van der Waals surface area contributed by atoms with E-state index in [1.165, 1.54) is 0 Å². The van der Waals surface area contributed by atoms with Crippen LogP contribution in [-0.4, -0.2) is 40.8 Å². The van der Waals surface area contributed by atoms with E-state index in [1.807, 2.05) is 6.92 Å². The fourth-order valence-corrected chi connectivity index (χ4v) is 1.88. The quantitative estimate of drug-likeness (QED) is 0.718. The maximum atomic E-state index is 11.7. The molecule has 0 aromatic heterocycles. The van der Waals surface area contributed by atoms with Crippen molar-refractivity contribution in [2.75, 3.05) is 19.3 Å². The second-order valence-corrected chi connectivity index (χ2v) is 5.86. The second kappa shape index (κ2) is 6.23. The molecule has 2 unspecified atom stereocenters. The van der Waals surface area contributed by atoms with Gasteiger partial charge in [-0.05, 0) is 26.3 Å². The Morgan fingerprint density at radius 2 is 2.33 bits per heavy atom. The lowest BCUT2D eigenvalue weighted by molar-refractivity contribution is -0.123. The highest BCUT2D eigenvalue weighted by molar-refractivity contribution is 7.84. The average Bonchev–Trinajstić information content (AvgIpc) is 2.26. The summed E-state index contributed by atoms with van der Waals surface area (Å²) in [6, 6.07) is -0.0451. The minimum Gasteiger partial charge on any atom is -0.354 e. The molecule has 0 bridgehead atoms. The van der Waals surface area contributed by atoms with E-state index >= 15 is 0 Å². The van der Waals surface area contributed by atoms with Crippen LogP contribution in [0.5, 0.6) is 0 Å². The first-order chi connectivity index (χ1) is 7.11. The summed E-state index contributed by atoms with van der Waals surface area (Å²) in [6.07, 6.45) is 4.84. The molecule has 5 heteroatoms. The third kappa shape index (κ3) is 4.30. The first kappa shape index (κ1) is 12.6.